The molecule has 2 aromatic carbocycles. The maximum atomic E-state index is 11.5. The average Bonchev–Trinajstić information content (AvgIpc) is 2.45. The minimum atomic E-state index is -0.452. The topological polar surface area (TPSA) is 64.3 Å². The van der Waals surface area contributed by atoms with Crippen molar-refractivity contribution in [1.82, 2.24) is 5.32 Å². The second-order valence-electron chi connectivity index (χ2n) is 4.11. The highest BCUT2D eigenvalue weighted by Crippen LogP contribution is 2.11. The number of para-hydroxylation sites is 1. The molecule has 0 atom stereocenters. The van der Waals surface area contributed by atoms with Crippen molar-refractivity contribution in [1.29, 1.82) is 0 Å². The molecule has 0 bridgehead atoms. The molecule has 0 aliphatic carbocycles. The number of nitrogen functional groups attached to an aromatic ring is 1. The molecule has 0 aromatic heterocycles. The summed E-state index contributed by atoms with van der Waals surface area (Å²) in [5.41, 5.74) is 8.21. The van der Waals surface area contributed by atoms with Crippen LogP contribution in [-0.4, -0.2) is 6.09 Å². The Hall–Kier alpha value is -2.49. The molecule has 0 spiro atoms. The lowest BCUT2D eigenvalue weighted by Gasteiger charge is -2.08. The number of hydrogen-bond donors (Lipinski definition) is 2. The fourth-order valence-electron chi connectivity index (χ4n) is 1.63. The molecule has 19 heavy (non-hydrogen) atoms. The quantitative estimate of drug-likeness (QED) is 0.827. The van der Waals surface area contributed by atoms with Gasteiger partial charge in [-0.15, -0.1) is 0 Å². The number of benzene rings is 2. The Labute approximate surface area is 112 Å². The molecule has 0 saturated carbocycles. The zero-order valence-corrected chi connectivity index (χ0v) is 10.5. The number of alkyl carbamates (subject to hydrolysis) is 1. The van der Waals surface area contributed by atoms with Gasteiger partial charge in [0.05, 0.1) is 0 Å². The molecule has 2 aromatic rings. The van der Waals surface area contributed by atoms with Gasteiger partial charge in [0.2, 0.25) is 0 Å². The van der Waals surface area contributed by atoms with E-state index < -0.39 is 6.09 Å². The van der Waals surface area contributed by atoms with Gasteiger partial charge in [-0.1, -0.05) is 48.5 Å². The fraction of sp³-hybridized carbons (Fsp3) is 0.133. The van der Waals surface area contributed by atoms with Crippen LogP contribution in [0.4, 0.5) is 10.5 Å². The number of carbonyl (C=O) groups is 1. The Kier molecular flexibility index (Phi) is 4.39. The number of nitrogens with one attached hydrogen (secondary N) is 1. The molecule has 0 heterocycles. The zero-order valence-electron chi connectivity index (χ0n) is 10.5. The van der Waals surface area contributed by atoms with Gasteiger partial charge in [0.1, 0.15) is 6.61 Å². The van der Waals surface area contributed by atoms with Crippen LogP contribution in [-0.2, 0) is 17.9 Å². The monoisotopic (exact) mass is 256 g/mol. The van der Waals surface area contributed by atoms with Gasteiger partial charge in [-0.05, 0) is 11.6 Å². The number of nitrogens with two attached hydrogens (primary N) is 1. The summed E-state index contributed by atoms with van der Waals surface area (Å²) in [6.07, 6.45) is -0.452. The highest BCUT2D eigenvalue weighted by molar-refractivity contribution is 5.67. The average molecular weight is 256 g/mol. The van der Waals surface area contributed by atoms with Crippen LogP contribution in [0.15, 0.2) is 54.6 Å². The van der Waals surface area contributed by atoms with Crippen LogP contribution < -0.4 is 11.1 Å². The smallest absolute Gasteiger partial charge is 0.407 e. The largest absolute Gasteiger partial charge is 0.445 e. The van der Waals surface area contributed by atoms with E-state index in [-0.39, 0.29) is 6.61 Å². The highest BCUT2D eigenvalue weighted by atomic mass is 16.5. The minimum Gasteiger partial charge on any atom is -0.445 e. The molecule has 0 aliphatic heterocycles. The molecule has 0 aliphatic rings. The van der Waals surface area contributed by atoms with Crippen molar-refractivity contribution in [2.24, 2.45) is 0 Å². The van der Waals surface area contributed by atoms with Crippen molar-refractivity contribution in [3.05, 3.63) is 65.7 Å². The maximum Gasteiger partial charge on any atom is 0.407 e. The third-order valence-corrected chi connectivity index (χ3v) is 2.69. The van der Waals surface area contributed by atoms with Gasteiger partial charge >= 0.3 is 6.09 Å². The molecule has 4 heteroatoms. The SMILES string of the molecule is Nc1ccccc1COC(=O)NCc1ccccc1. The molecule has 0 unspecified atom stereocenters. The first-order valence-corrected chi connectivity index (χ1v) is 6.03. The summed E-state index contributed by atoms with van der Waals surface area (Å²) >= 11 is 0. The van der Waals surface area contributed by atoms with Crippen molar-refractivity contribution >= 4 is 11.8 Å². The second-order valence-corrected chi connectivity index (χ2v) is 4.11. The van der Waals surface area contributed by atoms with Crippen LogP contribution in [0, 0.1) is 0 Å². The van der Waals surface area contributed by atoms with E-state index in [2.05, 4.69) is 5.32 Å². The van der Waals surface area contributed by atoms with E-state index in [4.69, 9.17) is 10.5 Å². The van der Waals surface area contributed by atoms with Crippen LogP contribution in [0.2, 0.25) is 0 Å². The van der Waals surface area contributed by atoms with Gasteiger partial charge in [-0.3, -0.25) is 0 Å². The van der Waals surface area contributed by atoms with Crippen LogP contribution in [0.3, 0.4) is 0 Å². The van der Waals surface area contributed by atoms with Crippen molar-refractivity contribution in [3.63, 3.8) is 0 Å². The third kappa shape index (κ3) is 4.03. The Morgan fingerprint density at radius 1 is 1.05 bits per heavy atom. The second kappa shape index (κ2) is 6.44. The Morgan fingerprint density at radius 2 is 1.74 bits per heavy atom. The minimum absolute atomic E-state index is 0.174. The third-order valence-electron chi connectivity index (χ3n) is 2.69. The lowest BCUT2D eigenvalue weighted by atomic mass is 10.2. The summed E-state index contributed by atoms with van der Waals surface area (Å²) in [6, 6.07) is 17.0. The summed E-state index contributed by atoms with van der Waals surface area (Å²) in [6.45, 7) is 0.622. The van der Waals surface area contributed by atoms with Gasteiger partial charge in [0, 0.05) is 17.8 Å². The fourth-order valence-corrected chi connectivity index (χ4v) is 1.63. The predicted octanol–water partition coefficient (Wildman–Crippen LogP) is 2.70. The Bertz CT molecular complexity index is 541. The van der Waals surface area contributed by atoms with Crippen molar-refractivity contribution in [2.75, 3.05) is 5.73 Å². The number of anilines is 1. The van der Waals surface area contributed by atoms with E-state index in [0.29, 0.717) is 12.2 Å². The lowest BCUT2D eigenvalue weighted by molar-refractivity contribution is 0.139. The van der Waals surface area contributed by atoms with Gasteiger partial charge in [0.15, 0.2) is 0 Å². The normalized spacial score (nSPS) is 9.89. The van der Waals surface area contributed by atoms with E-state index in [1.807, 2.05) is 48.5 Å². The number of carbonyl (C=O) groups excluding carboxylic acids is 1. The summed E-state index contributed by atoms with van der Waals surface area (Å²) in [7, 11) is 0. The molecule has 1 amide bonds. The lowest BCUT2D eigenvalue weighted by Crippen LogP contribution is -2.23. The van der Waals surface area contributed by atoms with Gasteiger partial charge in [-0.2, -0.15) is 0 Å². The molecular weight excluding hydrogens is 240 g/mol. The molecular formula is C15H16N2O2. The number of amides is 1. The highest BCUT2D eigenvalue weighted by Gasteiger charge is 2.04. The first-order chi connectivity index (χ1) is 9.25. The van der Waals surface area contributed by atoms with Gasteiger partial charge in [0.25, 0.3) is 0 Å². The Balaban J connectivity index is 1.78. The van der Waals surface area contributed by atoms with E-state index in [1.165, 1.54) is 0 Å². The number of rotatable bonds is 4. The first-order valence-electron chi connectivity index (χ1n) is 6.03. The van der Waals surface area contributed by atoms with Crippen molar-refractivity contribution in [3.8, 4) is 0 Å². The van der Waals surface area contributed by atoms with Crippen LogP contribution in [0.1, 0.15) is 11.1 Å². The van der Waals surface area contributed by atoms with Gasteiger partial charge < -0.3 is 15.8 Å². The maximum absolute atomic E-state index is 11.5. The molecule has 3 N–H and O–H groups in total. The molecule has 0 saturated heterocycles. The molecule has 4 nitrogen and oxygen atoms in total. The summed E-state index contributed by atoms with van der Waals surface area (Å²) in [5, 5.41) is 2.69. The molecule has 98 valence electrons. The van der Waals surface area contributed by atoms with Crippen LogP contribution in [0.25, 0.3) is 0 Å². The predicted molar refractivity (Wildman–Crippen MR) is 74.3 cm³/mol. The summed E-state index contributed by atoms with van der Waals surface area (Å²) in [5.74, 6) is 0. The zero-order chi connectivity index (χ0) is 13.5. The van der Waals surface area contributed by atoms with E-state index in [9.17, 15) is 4.79 Å². The van der Waals surface area contributed by atoms with E-state index >= 15 is 0 Å². The van der Waals surface area contributed by atoms with Crippen molar-refractivity contribution in [2.45, 2.75) is 13.2 Å². The van der Waals surface area contributed by atoms with Crippen LogP contribution >= 0.6 is 0 Å². The number of ether oxygens (including phenoxy) is 1. The summed E-state index contributed by atoms with van der Waals surface area (Å²) < 4.78 is 5.10. The van der Waals surface area contributed by atoms with Crippen LogP contribution in [0.5, 0.6) is 0 Å². The van der Waals surface area contributed by atoms with Gasteiger partial charge in [-0.25, -0.2) is 4.79 Å². The first kappa shape index (κ1) is 13.0. The Morgan fingerprint density at radius 3 is 2.47 bits per heavy atom. The molecule has 2 rings (SSSR count). The molecule has 0 fully saturated rings. The van der Waals surface area contributed by atoms with E-state index in [0.717, 1.165) is 11.1 Å². The van der Waals surface area contributed by atoms with Crippen molar-refractivity contribution < 1.29 is 9.53 Å². The van der Waals surface area contributed by atoms with E-state index in [1.54, 1.807) is 6.07 Å². The standard InChI is InChI=1S/C15H16N2O2/c16-14-9-5-4-8-13(14)11-19-15(18)17-10-12-6-2-1-3-7-12/h1-9H,10-11,16H2,(H,17,18). The number of hydrogen-bond acceptors (Lipinski definition) is 3. The summed E-state index contributed by atoms with van der Waals surface area (Å²) in [4.78, 5) is 11.5. The molecule has 0 radical (unpaired) electrons.